The molecule has 0 fully saturated rings. The van der Waals surface area contributed by atoms with Crippen molar-refractivity contribution in [2.75, 3.05) is 18.5 Å². The molecule has 0 spiro atoms. The molecule has 0 bridgehead atoms. The summed E-state index contributed by atoms with van der Waals surface area (Å²) in [5, 5.41) is 8.89. The fraction of sp³-hybridized carbons (Fsp3) is 0.889. The summed E-state index contributed by atoms with van der Waals surface area (Å²) in [5.74, 6) is -1.08. The minimum absolute atomic E-state index is 0.126. The van der Waals surface area contributed by atoms with E-state index in [1.165, 1.54) is 24.9 Å². The Kier molecular flexibility index (Phi) is 13.1. The molecule has 0 amide bonds. The summed E-state index contributed by atoms with van der Waals surface area (Å²) in [6.07, 6.45) is 5.86. The molecule has 0 unspecified atom stereocenters. The molecule has 0 aromatic carbocycles. The van der Waals surface area contributed by atoms with Crippen molar-refractivity contribution < 1.29 is 9.90 Å². The van der Waals surface area contributed by atoms with E-state index in [2.05, 4.69) is 20.8 Å². The van der Waals surface area contributed by atoms with Gasteiger partial charge in [-0.15, -0.1) is 0 Å². The van der Waals surface area contributed by atoms with Crippen LogP contribution in [0, 0.1) is 0 Å². The van der Waals surface area contributed by atoms with Gasteiger partial charge in [-0.2, -0.15) is 0 Å². The Hall–Kier alpha value is -0.100. The summed E-state index contributed by atoms with van der Waals surface area (Å²) in [6, 6.07) is 0. The van der Waals surface area contributed by atoms with Crippen LogP contribution in [0.4, 0.5) is 0 Å². The number of aliphatic carboxylic acids is 1. The van der Waals surface area contributed by atoms with E-state index in [0.29, 0.717) is 0 Å². The van der Waals surface area contributed by atoms with Crippen molar-refractivity contribution in [3.8, 4) is 0 Å². The zero-order valence-electron chi connectivity index (χ0n) is 8.64. The maximum atomic E-state index is 8.89. The first-order valence-electron chi connectivity index (χ1n) is 4.59. The van der Waals surface area contributed by atoms with Crippen molar-refractivity contribution in [3.05, 3.63) is 0 Å². The Morgan fingerprint density at radius 3 is 1.67 bits per heavy atom. The summed E-state index contributed by atoms with van der Waals surface area (Å²) in [4.78, 5) is 8.89. The topological polar surface area (TPSA) is 40.1 Å². The summed E-state index contributed by atoms with van der Waals surface area (Å²) in [5.41, 5.74) is 0. The van der Waals surface area contributed by atoms with Crippen molar-refractivity contribution in [1.82, 2.24) is 0 Å². The first-order chi connectivity index (χ1) is 5.58. The number of carbonyl (C=O) groups is 1. The molecule has 0 aliphatic carbocycles. The lowest BCUT2D eigenvalue weighted by Crippen LogP contribution is -2.16. The molecule has 0 atom stereocenters. The maximum Gasteiger partial charge on any atom is 0.0569 e. The molecular formula is C9H21O2P. The van der Waals surface area contributed by atoms with Gasteiger partial charge in [0.25, 0.3) is 0 Å². The highest BCUT2D eigenvalue weighted by Gasteiger charge is 2.05. The predicted octanol–water partition coefficient (Wildman–Crippen LogP) is 1.41. The van der Waals surface area contributed by atoms with Gasteiger partial charge in [0.2, 0.25) is 0 Å². The van der Waals surface area contributed by atoms with E-state index in [1.807, 2.05) is 0 Å². The van der Waals surface area contributed by atoms with Gasteiger partial charge in [0, 0.05) is 13.9 Å². The normalized spacial score (nSPS) is 9.08. The number of carboxylic acids is 1. The van der Waals surface area contributed by atoms with Crippen LogP contribution in [0.2, 0.25) is 0 Å². The van der Waals surface area contributed by atoms with E-state index in [9.17, 15) is 0 Å². The van der Waals surface area contributed by atoms with Crippen molar-refractivity contribution in [2.24, 2.45) is 0 Å². The third kappa shape index (κ3) is 16.5. The van der Waals surface area contributed by atoms with Crippen LogP contribution in [0.15, 0.2) is 0 Å². The van der Waals surface area contributed by atoms with Gasteiger partial charge < -0.3 is 9.90 Å². The number of carboxylic acid groups (broad SMARTS) is 1. The molecule has 0 radical (unpaired) electrons. The van der Waals surface area contributed by atoms with Crippen LogP contribution in [-0.4, -0.2) is 24.5 Å². The molecule has 0 rings (SSSR count). The van der Waals surface area contributed by atoms with E-state index < -0.39 is 5.97 Å². The highest BCUT2D eigenvalue weighted by molar-refractivity contribution is 7.57. The van der Waals surface area contributed by atoms with Gasteiger partial charge in [0.15, 0.2) is 0 Å². The predicted molar refractivity (Wildman–Crippen MR) is 55.2 cm³/mol. The summed E-state index contributed by atoms with van der Waals surface area (Å²) in [7, 11) is 0.126. The van der Waals surface area contributed by atoms with Crippen LogP contribution in [0.5, 0.6) is 0 Å². The second-order valence-corrected chi connectivity index (χ2v) is 6.11. The van der Waals surface area contributed by atoms with Gasteiger partial charge >= 0.3 is 0 Å². The number of carbonyl (C=O) groups excluding carboxylic acids is 1. The van der Waals surface area contributed by atoms with Crippen molar-refractivity contribution >= 4 is 13.9 Å². The van der Waals surface area contributed by atoms with Crippen molar-refractivity contribution in [2.45, 2.75) is 34.1 Å². The fourth-order valence-corrected chi connectivity index (χ4v) is 2.87. The Labute approximate surface area is 77.1 Å². The van der Waals surface area contributed by atoms with Crippen LogP contribution in [-0.2, 0) is 4.79 Å². The average molecular weight is 192 g/mol. The monoisotopic (exact) mass is 192 g/mol. The molecule has 3 heteroatoms. The Morgan fingerprint density at radius 1 is 1.25 bits per heavy atom. The minimum atomic E-state index is -1.08. The van der Waals surface area contributed by atoms with Gasteiger partial charge in [-0.25, -0.2) is 0 Å². The Morgan fingerprint density at radius 2 is 1.58 bits per heavy atom. The van der Waals surface area contributed by atoms with Crippen molar-refractivity contribution in [3.63, 3.8) is 0 Å². The number of rotatable bonds is 4. The molecule has 12 heavy (non-hydrogen) atoms. The van der Waals surface area contributed by atoms with Gasteiger partial charge in [-0.3, -0.25) is 0 Å². The quantitative estimate of drug-likeness (QED) is 0.632. The van der Waals surface area contributed by atoms with Crippen molar-refractivity contribution in [1.29, 1.82) is 0 Å². The smallest absolute Gasteiger partial charge is 0.0569 e. The molecule has 0 aromatic rings. The average Bonchev–Trinajstić information content (AvgIpc) is 1.99. The molecule has 0 heterocycles. The molecule has 0 aromatic heterocycles. The molecule has 0 saturated carbocycles. The van der Waals surface area contributed by atoms with Gasteiger partial charge in [-0.05, 0) is 27.2 Å². The zero-order chi connectivity index (χ0) is 9.98. The number of hydrogen-bond donors (Lipinski definition) is 0. The van der Waals surface area contributed by atoms with Crippen LogP contribution < -0.4 is 5.11 Å². The SMILES string of the molecule is CC(=O)[O-].CCC[PH+](CC)CC. The second-order valence-electron chi connectivity index (χ2n) is 2.70. The Balaban J connectivity index is 0. The first-order valence-corrected chi connectivity index (χ1v) is 6.71. The van der Waals surface area contributed by atoms with Crippen LogP contribution in [0.3, 0.4) is 0 Å². The molecule has 2 nitrogen and oxygen atoms in total. The highest BCUT2D eigenvalue weighted by Crippen LogP contribution is 2.34. The minimum Gasteiger partial charge on any atom is -0.550 e. The van der Waals surface area contributed by atoms with Crippen LogP contribution in [0.25, 0.3) is 0 Å². The molecule has 0 saturated heterocycles. The molecule has 0 N–H and O–H groups in total. The standard InChI is InChI=1S/C7H17P.C2H4O2/c1-4-7-8(5-2)6-3;1-2(3)4/h4-7H2,1-3H3;1H3,(H,3,4). The zero-order valence-corrected chi connectivity index (χ0v) is 9.64. The van der Waals surface area contributed by atoms with Gasteiger partial charge in [0.05, 0.1) is 18.5 Å². The van der Waals surface area contributed by atoms with E-state index in [1.54, 1.807) is 0 Å². The van der Waals surface area contributed by atoms with E-state index in [-0.39, 0.29) is 7.92 Å². The second kappa shape index (κ2) is 10.9. The maximum absolute atomic E-state index is 8.89. The van der Waals surface area contributed by atoms with Crippen LogP contribution >= 0.6 is 7.92 Å². The van der Waals surface area contributed by atoms with E-state index >= 15 is 0 Å². The molecule has 0 aliphatic heterocycles. The summed E-state index contributed by atoms with van der Waals surface area (Å²) >= 11 is 0. The molecule has 0 aliphatic rings. The lowest BCUT2D eigenvalue weighted by atomic mass is 10.6. The largest absolute Gasteiger partial charge is 0.550 e. The highest BCUT2D eigenvalue weighted by atomic mass is 31.1. The van der Waals surface area contributed by atoms with E-state index in [4.69, 9.17) is 9.90 Å². The first kappa shape index (κ1) is 14.4. The summed E-state index contributed by atoms with van der Waals surface area (Å²) in [6.45, 7) is 7.91. The van der Waals surface area contributed by atoms with Crippen LogP contribution in [0.1, 0.15) is 34.1 Å². The Bertz CT molecular complexity index is 96.7. The summed E-state index contributed by atoms with van der Waals surface area (Å²) < 4.78 is 0. The third-order valence-corrected chi connectivity index (χ3v) is 4.81. The third-order valence-electron chi connectivity index (χ3n) is 1.60. The van der Waals surface area contributed by atoms with E-state index in [0.717, 1.165) is 6.92 Å². The van der Waals surface area contributed by atoms with Gasteiger partial charge in [0.1, 0.15) is 0 Å². The molecule has 74 valence electrons. The lowest BCUT2D eigenvalue weighted by Gasteiger charge is -2.01. The lowest BCUT2D eigenvalue weighted by molar-refractivity contribution is -0.302. The fourth-order valence-electron chi connectivity index (χ4n) is 0.957. The molecular weight excluding hydrogens is 171 g/mol. The number of hydrogen-bond acceptors (Lipinski definition) is 2. The van der Waals surface area contributed by atoms with Gasteiger partial charge in [-0.1, -0.05) is 6.92 Å².